The highest BCUT2D eigenvalue weighted by molar-refractivity contribution is 5.63. The molecule has 1 aliphatic rings. The maximum Gasteiger partial charge on any atom is 0.235 e. The molecule has 7 nitrogen and oxygen atoms in total. The highest BCUT2D eigenvalue weighted by Gasteiger charge is 2.28. The average Bonchev–Trinajstić information content (AvgIpc) is 3.04. The Labute approximate surface area is 146 Å². The molecule has 1 fully saturated rings. The van der Waals surface area contributed by atoms with Crippen LogP contribution in [0.5, 0.6) is 11.5 Å². The number of oxazole rings is 1. The first-order chi connectivity index (χ1) is 12.0. The standard InChI is InChI=1S/C18H21N3O4/c1-11-9-21(10-12(2)24-11)18-14(8-19)20-17(25-18)13-5-6-15(22-3)16(7-13)23-4/h5-7,11-12H,9-10H2,1-4H3/t11-,12-/m0/s1. The average molecular weight is 343 g/mol. The summed E-state index contributed by atoms with van der Waals surface area (Å²) in [5, 5.41) is 9.45. The maximum absolute atomic E-state index is 9.45. The van der Waals surface area contributed by atoms with Crippen LogP contribution in [0.3, 0.4) is 0 Å². The molecule has 1 aromatic heterocycles. The lowest BCUT2D eigenvalue weighted by Crippen LogP contribution is -2.45. The van der Waals surface area contributed by atoms with Crippen LogP contribution >= 0.6 is 0 Å². The number of morpholine rings is 1. The van der Waals surface area contributed by atoms with Gasteiger partial charge in [0.05, 0.1) is 26.4 Å². The molecule has 1 aliphatic heterocycles. The summed E-state index contributed by atoms with van der Waals surface area (Å²) in [4.78, 5) is 6.36. The second kappa shape index (κ2) is 7.03. The third-order valence-electron chi connectivity index (χ3n) is 4.05. The van der Waals surface area contributed by atoms with Crippen molar-refractivity contribution in [3.8, 4) is 29.0 Å². The summed E-state index contributed by atoms with van der Waals surface area (Å²) in [6.45, 7) is 5.31. The zero-order valence-corrected chi connectivity index (χ0v) is 14.8. The molecule has 0 unspecified atom stereocenters. The SMILES string of the molecule is COc1ccc(-c2nc(C#N)c(N3C[C@H](C)O[C@@H](C)C3)o2)cc1OC. The van der Waals surface area contributed by atoms with E-state index in [1.807, 2.05) is 24.8 Å². The van der Waals surface area contributed by atoms with E-state index in [-0.39, 0.29) is 17.9 Å². The number of benzene rings is 1. The molecule has 7 heteroatoms. The number of nitriles is 1. The summed E-state index contributed by atoms with van der Waals surface area (Å²) in [6, 6.07) is 7.50. The van der Waals surface area contributed by atoms with E-state index in [1.54, 1.807) is 26.4 Å². The Balaban J connectivity index is 1.97. The van der Waals surface area contributed by atoms with Gasteiger partial charge in [0.1, 0.15) is 6.07 Å². The van der Waals surface area contributed by atoms with E-state index in [0.717, 1.165) is 5.56 Å². The van der Waals surface area contributed by atoms with Gasteiger partial charge in [0, 0.05) is 18.7 Å². The zero-order chi connectivity index (χ0) is 18.0. The molecule has 1 aromatic carbocycles. The lowest BCUT2D eigenvalue weighted by Gasteiger charge is -2.34. The number of anilines is 1. The van der Waals surface area contributed by atoms with Crippen molar-refractivity contribution < 1.29 is 18.6 Å². The van der Waals surface area contributed by atoms with E-state index in [2.05, 4.69) is 11.1 Å². The first-order valence-electron chi connectivity index (χ1n) is 8.09. The molecular formula is C18H21N3O4. The van der Waals surface area contributed by atoms with Crippen molar-refractivity contribution in [1.82, 2.24) is 4.98 Å². The van der Waals surface area contributed by atoms with Gasteiger partial charge in [0.25, 0.3) is 0 Å². The number of ether oxygens (including phenoxy) is 3. The summed E-state index contributed by atoms with van der Waals surface area (Å²) in [5.74, 6) is 2.05. The van der Waals surface area contributed by atoms with Crippen molar-refractivity contribution in [3.63, 3.8) is 0 Å². The predicted octanol–water partition coefficient (Wildman–Crippen LogP) is 2.84. The van der Waals surface area contributed by atoms with E-state index in [1.165, 1.54) is 0 Å². The van der Waals surface area contributed by atoms with Gasteiger partial charge in [-0.25, -0.2) is 0 Å². The van der Waals surface area contributed by atoms with Gasteiger partial charge in [-0.2, -0.15) is 10.2 Å². The second-order valence-corrected chi connectivity index (χ2v) is 6.02. The predicted molar refractivity (Wildman–Crippen MR) is 92.0 cm³/mol. The van der Waals surface area contributed by atoms with Crippen molar-refractivity contribution in [1.29, 1.82) is 5.26 Å². The minimum Gasteiger partial charge on any atom is -0.493 e. The Morgan fingerprint density at radius 2 is 1.84 bits per heavy atom. The van der Waals surface area contributed by atoms with Crippen molar-refractivity contribution in [2.45, 2.75) is 26.1 Å². The fourth-order valence-corrected chi connectivity index (χ4v) is 3.04. The Morgan fingerprint density at radius 1 is 1.16 bits per heavy atom. The number of aromatic nitrogens is 1. The van der Waals surface area contributed by atoms with Gasteiger partial charge in [-0.15, -0.1) is 0 Å². The molecule has 0 bridgehead atoms. The molecule has 2 atom stereocenters. The molecule has 132 valence electrons. The van der Waals surface area contributed by atoms with Gasteiger partial charge in [-0.3, -0.25) is 0 Å². The van der Waals surface area contributed by atoms with Crippen LogP contribution < -0.4 is 14.4 Å². The minimum absolute atomic E-state index is 0.0601. The first-order valence-corrected chi connectivity index (χ1v) is 8.09. The van der Waals surface area contributed by atoms with Gasteiger partial charge >= 0.3 is 0 Å². The largest absolute Gasteiger partial charge is 0.493 e. The Morgan fingerprint density at radius 3 is 2.44 bits per heavy atom. The zero-order valence-electron chi connectivity index (χ0n) is 14.8. The van der Waals surface area contributed by atoms with E-state index in [9.17, 15) is 5.26 Å². The molecular weight excluding hydrogens is 322 g/mol. The maximum atomic E-state index is 9.45. The molecule has 0 aliphatic carbocycles. The van der Waals surface area contributed by atoms with Crippen LogP contribution in [0.15, 0.2) is 22.6 Å². The summed E-state index contributed by atoms with van der Waals surface area (Å²) >= 11 is 0. The summed E-state index contributed by atoms with van der Waals surface area (Å²) in [7, 11) is 3.15. The minimum atomic E-state index is 0.0601. The third kappa shape index (κ3) is 3.39. The van der Waals surface area contributed by atoms with Gasteiger partial charge < -0.3 is 23.5 Å². The number of nitrogens with zero attached hydrogens (tertiary/aromatic N) is 3. The third-order valence-corrected chi connectivity index (χ3v) is 4.05. The van der Waals surface area contributed by atoms with Gasteiger partial charge in [0.15, 0.2) is 11.5 Å². The number of rotatable bonds is 4. The topological polar surface area (TPSA) is 80.8 Å². The summed E-state index contributed by atoms with van der Waals surface area (Å²) in [5.41, 5.74) is 0.987. The Bertz CT molecular complexity index is 786. The van der Waals surface area contributed by atoms with E-state index < -0.39 is 0 Å². The smallest absolute Gasteiger partial charge is 0.235 e. The van der Waals surface area contributed by atoms with Crippen LogP contribution in [0.25, 0.3) is 11.5 Å². The molecule has 2 aromatic rings. The molecule has 25 heavy (non-hydrogen) atoms. The van der Waals surface area contributed by atoms with Crippen molar-refractivity contribution in [2.75, 3.05) is 32.2 Å². The van der Waals surface area contributed by atoms with Gasteiger partial charge in [-0.05, 0) is 32.0 Å². The fraction of sp³-hybridized carbons (Fsp3) is 0.444. The molecule has 0 spiro atoms. The summed E-state index contributed by atoms with van der Waals surface area (Å²) in [6.07, 6.45) is 0.120. The second-order valence-electron chi connectivity index (χ2n) is 6.02. The van der Waals surface area contributed by atoms with Crippen molar-refractivity contribution in [3.05, 3.63) is 23.9 Å². The monoisotopic (exact) mass is 343 g/mol. The number of hydrogen-bond acceptors (Lipinski definition) is 7. The quantitative estimate of drug-likeness (QED) is 0.844. The van der Waals surface area contributed by atoms with E-state index in [0.29, 0.717) is 36.4 Å². The molecule has 0 amide bonds. The molecule has 0 saturated carbocycles. The van der Waals surface area contributed by atoms with Crippen LogP contribution in [0.1, 0.15) is 19.5 Å². The summed E-state index contributed by atoms with van der Waals surface area (Å²) < 4.78 is 22.2. The highest BCUT2D eigenvalue weighted by Crippen LogP contribution is 2.35. The van der Waals surface area contributed by atoms with E-state index >= 15 is 0 Å². The van der Waals surface area contributed by atoms with Crippen LogP contribution in [0.4, 0.5) is 5.88 Å². The Kier molecular flexibility index (Phi) is 4.81. The van der Waals surface area contributed by atoms with Crippen LogP contribution in [-0.2, 0) is 4.74 Å². The van der Waals surface area contributed by atoms with Crippen LogP contribution in [-0.4, -0.2) is 44.5 Å². The molecule has 3 rings (SSSR count). The van der Waals surface area contributed by atoms with Crippen LogP contribution in [0, 0.1) is 11.3 Å². The normalized spacial score (nSPS) is 20.2. The van der Waals surface area contributed by atoms with Crippen molar-refractivity contribution >= 4 is 5.88 Å². The molecule has 2 heterocycles. The van der Waals surface area contributed by atoms with Crippen molar-refractivity contribution in [2.24, 2.45) is 0 Å². The van der Waals surface area contributed by atoms with Crippen LogP contribution in [0.2, 0.25) is 0 Å². The Hall–Kier alpha value is -2.72. The lowest BCUT2D eigenvalue weighted by atomic mass is 10.2. The fourth-order valence-electron chi connectivity index (χ4n) is 3.04. The number of methoxy groups -OCH3 is 2. The molecule has 0 N–H and O–H groups in total. The molecule has 1 saturated heterocycles. The first kappa shape index (κ1) is 17.1. The number of hydrogen-bond donors (Lipinski definition) is 0. The van der Waals surface area contributed by atoms with Gasteiger partial charge in [0.2, 0.25) is 17.5 Å². The lowest BCUT2D eigenvalue weighted by molar-refractivity contribution is -0.00638. The molecule has 0 radical (unpaired) electrons. The van der Waals surface area contributed by atoms with E-state index in [4.69, 9.17) is 18.6 Å². The highest BCUT2D eigenvalue weighted by atomic mass is 16.5. The van der Waals surface area contributed by atoms with Gasteiger partial charge in [-0.1, -0.05) is 0 Å².